The van der Waals surface area contributed by atoms with Gasteiger partial charge in [0.15, 0.2) is 5.65 Å². The van der Waals surface area contributed by atoms with E-state index in [4.69, 9.17) is 23.2 Å². The second-order valence-corrected chi connectivity index (χ2v) is 6.18. The molecule has 4 nitrogen and oxygen atoms in total. The van der Waals surface area contributed by atoms with Crippen LogP contribution < -0.4 is 0 Å². The fraction of sp³-hybridized carbons (Fsp3) is 0.308. The van der Waals surface area contributed by atoms with E-state index in [1.54, 1.807) is 17.5 Å². The van der Waals surface area contributed by atoms with Crippen LogP contribution >= 0.6 is 34.5 Å². The number of aryl methyl sites for hydroxylation is 3. The lowest BCUT2D eigenvalue weighted by Crippen LogP contribution is -2.06. The molecule has 7 heteroatoms. The first kappa shape index (κ1) is 13.8. The average Bonchev–Trinajstić information content (AvgIpc) is 2.99. The third-order valence-corrected chi connectivity index (χ3v) is 4.28. The molecule has 3 aromatic rings. The highest BCUT2D eigenvalue weighted by molar-refractivity contribution is 7.09. The van der Waals surface area contributed by atoms with Crippen LogP contribution in [0.3, 0.4) is 0 Å². The lowest BCUT2D eigenvalue weighted by Gasteiger charge is -2.05. The molecule has 3 aromatic heterocycles. The lowest BCUT2D eigenvalue weighted by molar-refractivity contribution is 0.674. The molecule has 104 valence electrons. The third kappa shape index (κ3) is 2.66. The highest BCUT2D eigenvalue weighted by Crippen LogP contribution is 2.20. The van der Waals surface area contributed by atoms with Gasteiger partial charge in [-0.05, 0) is 13.0 Å². The summed E-state index contributed by atoms with van der Waals surface area (Å²) in [5.74, 6) is 1.16. The Morgan fingerprint density at radius 3 is 2.90 bits per heavy atom. The topological polar surface area (TPSA) is 43.6 Å². The average molecular weight is 327 g/mol. The first-order chi connectivity index (χ1) is 9.67. The van der Waals surface area contributed by atoms with Crippen molar-refractivity contribution in [2.24, 2.45) is 0 Å². The van der Waals surface area contributed by atoms with Crippen LogP contribution in [0.4, 0.5) is 0 Å². The molecule has 0 radical (unpaired) electrons. The first-order valence-electron chi connectivity index (χ1n) is 6.15. The molecule has 0 aliphatic heterocycles. The molecular formula is C13H12Cl2N4S. The summed E-state index contributed by atoms with van der Waals surface area (Å²) in [7, 11) is 0. The summed E-state index contributed by atoms with van der Waals surface area (Å²) in [6.07, 6.45) is 2.47. The van der Waals surface area contributed by atoms with E-state index in [-0.39, 0.29) is 0 Å². The number of rotatable bonds is 4. The second-order valence-electron chi connectivity index (χ2n) is 4.42. The maximum absolute atomic E-state index is 5.97. The minimum Gasteiger partial charge on any atom is -0.311 e. The standard InChI is InChI=1S/C13H12Cl2N4S/c1-8-17-10(7-20-8)2-3-19-12(5-14)18-11-4-9(15)6-16-13(11)19/h4,6-7H,2-3,5H2,1H3. The van der Waals surface area contributed by atoms with Crippen LogP contribution in [0, 0.1) is 6.92 Å². The summed E-state index contributed by atoms with van der Waals surface area (Å²) in [4.78, 5) is 13.3. The van der Waals surface area contributed by atoms with E-state index in [1.165, 1.54) is 0 Å². The van der Waals surface area contributed by atoms with E-state index in [2.05, 4.69) is 20.3 Å². The van der Waals surface area contributed by atoms with Gasteiger partial charge in [-0.3, -0.25) is 0 Å². The number of hydrogen-bond donors (Lipinski definition) is 0. The van der Waals surface area contributed by atoms with Crippen molar-refractivity contribution in [3.63, 3.8) is 0 Å². The van der Waals surface area contributed by atoms with Gasteiger partial charge in [-0.15, -0.1) is 22.9 Å². The Labute approximate surface area is 130 Å². The molecule has 0 bridgehead atoms. The van der Waals surface area contributed by atoms with Crippen LogP contribution in [0.15, 0.2) is 17.6 Å². The molecule has 0 unspecified atom stereocenters. The van der Waals surface area contributed by atoms with E-state index in [9.17, 15) is 0 Å². The number of pyridine rings is 1. The zero-order chi connectivity index (χ0) is 14.1. The van der Waals surface area contributed by atoms with Gasteiger partial charge in [-0.1, -0.05) is 11.6 Å². The molecule has 0 saturated carbocycles. The van der Waals surface area contributed by atoms with Crippen LogP contribution in [0.25, 0.3) is 11.2 Å². The van der Waals surface area contributed by atoms with Gasteiger partial charge >= 0.3 is 0 Å². The van der Waals surface area contributed by atoms with Crippen molar-refractivity contribution in [1.82, 2.24) is 19.5 Å². The monoisotopic (exact) mass is 326 g/mol. The maximum Gasteiger partial charge on any atom is 0.160 e. The summed E-state index contributed by atoms with van der Waals surface area (Å²) < 4.78 is 2.04. The zero-order valence-electron chi connectivity index (χ0n) is 10.8. The number of aromatic nitrogens is 4. The van der Waals surface area contributed by atoms with Gasteiger partial charge in [-0.25, -0.2) is 15.0 Å². The lowest BCUT2D eigenvalue weighted by atomic mass is 10.3. The highest BCUT2D eigenvalue weighted by Gasteiger charge is 2.12. The zero-order valence-corrected chi connectivity index (χ0v) is 13.1. The smallest absolute Gasteiger partial charge is 0.160 e. The minimum atomic E-state index is 0.351. The number of alkyl halides is 1. The van der Waals surface area contributed by atoms with Crippen LogP contribution in [-0.4, -0.2) is 19.5 Å². The highest BCUT2D eigenvalue weighted by atomic mass is 35.5. The van der Waals surface area contributed by atoms with Crippen LogP contribution in [0.5, 0.6) is 0 Å². The largest absolute Gasteiger partial charge is 0.311 e. The fourth-order valence-electron chi connectivity index (χ4n) is 2.12. The van der Waals surface area contributed by atoms with Crippen LogP contribution in [-0.2, 0) is 18.8 Å². The molecule has 0 aliphatic carbocycles. The SMILES string of the molecule is Cc1nc(CCn2c(CCl)nc3cc(Cl)cnc32)cs1. The molecule has 3 heterocycles. The summed E-state index contributed by atoms with van der Waals surface area (Å²) in [6, 6.07) is 1.81. The molecule has 0 aromatic carbocycles. The Bertz CT molecular complexity index is 750. The fourth-order valence-corrected chi connectivity index (χ4v) is 3.12. The number of halogens is 2. The third-order valence-electron chi connectivity index (χ3n) is 3.01. The van der Waals surface area contributed by atoms with Gasteiger partial charge in [0.1, 0.15) is 11.3 Å². The summed E-state index contributed by atoms with van der Waals surface area (Å²) >= 11 is 13.6. The second kappa shape index (κ2) is 5.68. The summed E-state index contributed by atoms with van der Waals surface area (Å²) in [5.41, 5.74) is 2.68. The Hall–Kier alpha value is -1.17. The molecule has 0 fully saturated rings. The Morgan fingerprint density at radius 2 is 2.20 bits per heavy atom. The molecule has 0 aliphatic rings. The summed E-state index contributed by atoms with van der Waals surface area (Å²) in [5, 5.41) is 3.75. The van der Waals surface area contributed by atoms with Crippen LogP contribution in [0.1, 0.15) is 16.5 Å². The number of nitrogens with zero attached hydrogens (tertiary/aromatic N) is 4. The predicted molar refractivity (Wildman–Crippen MR) is 82.7 cm³/mol. The molecule has 0 N–H and O–H groups in total. The first-order valence-corrected chi connectivity index (χ1v) is 7.94. The molecule has 20 heavy (non-hydrogen) atoms. The van der Waals surface area contributed by atoms with Crippen molar-refractivity contribution in [2.45, 2.75) is 25.8 Å². The number of imidazole rings is 1. The van der Waals surface area contributed by atoms with Gasteiger partial charge in [-0.2, -0.15) is 0 Å². The molecule has 3 rings (SSSR count). The van der Waals surface area contributed by atoms with Gasteiger partial charge in [0.25, 0.3) is 0 Å². The molecule has 0 atom stereocenters. The van der Waals surface area contributed by atoms with Crippen molar-refractivity contribution < 1.29 is 0 Å². The molecular weight excluding hydrogens is 315 g/mol. The van der Waals surface area contributed by atoms with Crippen LogP contribution in [0.2, 0.25) is 5.02 Å². The van der Waals surface area contributed by atoms with Gasteiger partial charge in [0.05, 0.1) is 21.6 Å². The maximum atomic E-state index is 5.97. The van der Waals surface area contributed by atoms with E-state index < -0.39 is 0 Å². The van der Waals surface area contributed by atoms with Crippen molar-refractivity contribution in [2.75, 3.05) is 0 Å². The van der Waals surface area contributed by atoms with E-state index >= 15 is 0 Å². The van der Waals surface area contributed by atoms with Gasteiger partial charge in [0.2, 0.25) is 0 Å². The van der Waals surface area contributed by atoms with E-state index in [0.717, 1.165) is 40.7 Å². The van der Waals surface area contributed by atoms with E-state index in [0.29, 0.717) is 10.9 Å². The van der Waals surface area contributed by atoms with Crippen molar-refractivity contribution >= 4 is 45.7 Å². The number of hydrogen-bond acceptors (Lipinski definition) is 4. The number of fused-ring (bicyclic) bond motifs is 1. The van der Waals surface area contributed by atoms with Crippen molar-refractivity contribution in [3.8, 4) is 0 Å². The molecule has 0 saturated heterocycles. The summed E-state index contributed by atoms with van der Waals surface area (Å²) in [6.45, 7) is 2.77. The van der Waals surface area contributed by atoms with E-state index in [1.807, 2.05) is 17.6 Å². The van der Waals surface area contributed by atoms with Gasteiger partial charge in [0, 0.05) is 24.5 Å². The predicted octanol–water partition coefficient (Wildman–Crippen LogP) is 3.83. The Morgan fingerprint density at radius 1 is 1.35 bits per heavy atom. The van der Waals surface area contributed by atoms with Gasteiger partial charge < -0.3 is 4.57 Å². The number of thiazole rings is 1. The van der Waals surface area contributed by atoms with Crippen molar-refractivity contribution in [3.05, 3.63) is 39.2 Å². The molecule has 0 amide bonds. The minimum absolute atomic E-state index is 0.351. The molecule has 0 spiro atoms. The van der Waals surface area contributed by atoms with Crippen molar-refractivity contribution in [1.29, 1.82) is 0 Å². The Balaban J connectivity index is 1.93. The Kier molecular flexibility index (Phi) is 3.92. The normalized spacial score (nSPS) is 11.3. The quantitative estimate of drug-likeness (QED) is 0.684.